The summed E-state index contributed by atoms with van der Waals surface area (Å²) >= 11 is 1.85. The van der Waals surface area contributed by atoms with Gasteiger partial charge >= 0.3 is 0 Å². The van der Waals surface area contributed by atoms with Gasteiger partial charge in [-0.1, -0.05) is 164 Å². The maximum absolute atomic E-state index is 5.35. The normalized spacial score (nSPS) is 11.7. The zero-order valence-electron chi connectivity index (χ0n) is 35.1. The minimum Gasteiger partial charge on any atom is -0.310 e. The third-order valence-electron chi connectivity index (χ3n) is 12.8. The Balaban J connectivity index is 0.983. The number of hydrogen-bond acceptors (Lipinski definition) is 4. The number of anilines is 3. The Labute approximate surface area is 379 Å². The first-order valence-corrected chi connectivity index (χ1v) is 22.8. The summed E-state index contributed by atoms with van der Waals surface area (Å²) in [5.74, 6) is 0.691. The van der Waals surface area contributed by atoms with Crippen LogP contribution in [0.1, 0.15) is 0 Å². The number of benzene rings is 10. The van der Waals surface area contributed by atoms with Crippen LogP contribution in [0.25, 0.3) is 103 Å². The van der Waals surface area contributed by atoms with Crippen molar-refractivity contribution in [3.63, 3.8) is 0 Å². The van der Waals surface area contributed by atoms with Crippen LogP contribution >= 0.6 is 11.3 Å². The van der Waals surface area contributed by atoms with Crippen molar-refractivity contribution in [3.05, 3.63) is 231 Å². The van der Waals surface area contributed by atoms with Crippen molar-refractivity contribution in [2.45, 2.75) is 0 Å². The molecular formula is C60H38N4S. The van der Waals surface area contributed by atoms with Crippen LogP contribution in [-0.4, -0.2) is 14.5 Å². The molecule has 0 saturated carbocycles. The maximum Gasteiger partial charge on any atom is 0.160 e. The van der Waals surface area contributed by atoms with E-state index in [1.165, 1.54) is 52.8 Å². The Morgan fingerprint density at radius 2 is 1.02 bits per heavy atom. The van der Waals surface area contributed by atoms with Gasteiger partial charge in [-0.15, -0.1) is 11.3 Å². The topological polar surface area (TPSA) is 34.0 Å². The Kier molecular flexibility index (Phi) is 8.68. The summed E-state index contributed by atoms with van der Waals surface area (Å²) in [6.45, 7) is 0. The van der Waals surface area contributed by atoms with Gasteiger partial charge in [0.05, 0.1) is 27.9 Å². The molecule has 0 aliphatic carbocycles. The Hall–Kier alpha value is -8.38. The van der Waals surface area contributed by atoms with Crippen molar-refractivity contribution in [1.82, 2.24) is 14.5 Å². The molecule has 0 saturated heterocycles. The van der Waals surface area contributed by atoms with Gasteiger partial charge in [0, 0.05) is 69.9 Å². The fourth-order valence-corrected chi connectivity index (χ4v) is 10.8. The molecule has 0 atom stereocenters. The lowest BCUT2D eigenvalue weighted by atomic mass is 10.0. The fourth-order valence-electron chi connectivity index (χ4n) is 9.72. The summed E-state index contributed by atoms with van der Waals surface area (Å²) in [7, 11) is 0. The van der Waals surface area contributed by atoms with Crippen LogP contribution in [0.5, 0.6) is 0 Å². The molecule has 0 bridgehead atoms. The average Bonchev–Trinajstić information content (AvgIpc) is 3.92. The van der Waals surface area contributed by atoms with Gasteiger partial charge in [-0.2, -0.15) is 0 Å². The summed E-state index contributed by atoms with van der Waals surface area (Å²) in [5, 5.41) is 8.34. The van der Waals surface area contributed by atoms with E-state index >= 15 is 0 Å². The molecule has 0 aliphatic rings. The van der Waals surface area contributed by atoms with Gasteiger partial charge in [0.25, 0.3) is 0 Å². The first kappa shape index (κ1) is 37.2. The predicted octanol–water partition coefficient (Wildman–Crippen LogP) is 16.7. The molecule has 13 rings (SSSR count). The van der Waals surface area contributed by atoms with Gasteiger partial charge in [-0.25, -0.2) is 9.97 Å². The lowest BCUT2D eigenvalue weighted by Crippen LogP contribution is -2.11. The number of rotatable bonds is 7. The highest BCUT2D eigenvalue weighted by atomic mass is 32.1. The van der Waals surface area contributed by atoms with E-state index in [-0.39, 0.29) is 0 Å². The second-order valence-corrected chi connectivity index (χ2v) is 17.7. The van der Waals surface area contributed by atoms with Gasteiger partial charge in [0.15, 0.2) is 5.82 Å². The first-order chi connectivity index (χ1) is 32.2. The summed E-state index contributed by atoms with van der Waals surface area (Å²) in [6, 6.07) is 82.9. The highest BCUT2D eigenvalue weighted by Gasteiger charge is 2.20. The third-order valence-corrected chi connectivity index (χ3v) is 13.9. The molecule has 5 heteroatoms. The second kappa shape index (κ2) is 15.2. The van der Waals surface area contributed by atoms with E-state index in [9.17, 15) is 0 Å². The van der Waals surface area contributed by atoms with Gasteiger partial charge < -0.3 is 9.47 Å². The average molecular weight is 847 g/mol. The van der Waals surface area contributed by atoms with Crippen LogP contribution in [-0.2, 0) is 0 Å². The Morgan fingerprint density at radius 1 is 0.369 bits per heavy atom. The van der Waals surface area contributed by atoms with Crippen LogP contribution in [0.4, 0.5) is 17.1 Å². The minimum absolute atomic E-state index is 0.691. The smallest absolute Gasteiger partial charge is 0.160 e. The number of hydrogen-bond donors (Lipinski definition) is 0. The molecular weight excluding hydrogens is 809 g/mol. The molecule has 304 valence electrons. The zero-order chi connectivity index (χ0) is 42.8. The van der Waals surface area contributed by atoms with Crippen molar-refractivity contribution in [1.29, 1.82) is 0 Å². The third kappa shape index (κ3) is 6.28. The number of para-hydroxylation sites is 2. The zero-order valence-corrected chi connectivity index (χ0v) is 36.0. The lowest BCUT2D eigenvalue weighted by Gasteiger charge is -2.27. The van der Waals surface area contributed by atoms with Crippen LogP contribution < -0.4 is 4.90 Å². The van der Waals surface area contributed by atoms with Gasteiger partial charge in [0.1, 0.15) is 0 Å². The van der Waals surface area contributed by atoms with Crippen LogP contribution in [0, 0.1) is 0 Å². The summed E-state index contributed by atoms with van der Waals surface area (Å²) in [4.78, 5) is 13.0. The van der Waals surface area contributed by atoms with Crippen molar-refractivity contribution >= 4 is 92.1 Å². The van der Waals surface area contributed by atoms with E-state index < -0.39 is 0 Å². The van der Waals surface area contributed by atoms with Gasteiger partial charge in [0.2, 0.25) is 0 Å². The number of nitrogens with zero attached hydrogens (tertiary/aromatic N) is 4. The van der Waals surface area contributed by atoms with E-state index in [1.54, 1.807) is 0 Å². The van der Waals surface area contributed by atoms with Crippen LogP contribution in [0.15, 0.2) is 231 Å². The molecule has 0 amide bonds. The highest BCUT2D eigenvalue weighted by Crippen LogP contribution is 2.44. The summed E-state index contributed by atoms with van der Waals surface area (Å²) < 4.78 is 4.98. The van der Waals surface area contributed by atoms with Crippen molar-refractivity contribution in [2.75, 3.05) is 4.90 Å². The maximum atomic E-state index is 5.35. The monoisotopic (exact) mass is 846 g/mol. The second-order valence-electron chi connectivity index (χ2n) is 16.6. The largest absolute Gasteiger partial charge is 0.310 e. The molecule has 4 nitrogen and oxygen atoms in total. The molecule has 3 heterocycles. The quantitative estimate of drug-likeness (QED) is 0.160. The first-order valence-electron chi connectivity index (χ1n) is 22.0. The molecule has 65 heavy (non-hydrogen) atoms. The molecule has 0 N–H and O–H groups in total. The van der Waals surface area contributed by atoms with Gasteiger partial charge in [-0.05, 0) is 83.2 Å². The molecule has 0 spiro atoms. The van der Waals surface area contributed by atoms with E-state index in [4.69, 9.17) is 9.97 Å². The van der Waals surface area contributed by atoms with Crippen LogP contribution in [0.3, 0.4) is 0 Å². The number of fused-ring (bicyclic) bond motifs is 8. The highest BCUT2D eigenvalue weighted by molar-refractivity contribution is 7.25. The summed E-state index contributed by atoms with van der Waals surface area (Å²) in [5.41, 5.74) is 12.8. The minimum atomic E-state index is 0.691. The Morgan fingerprint density at radius 3 is 1.91 bits per heavy atom. The van der Waals surface area contributed by atoms with E-state index in [1.807, 2.05) is 11.3 Å². The lowest BCUT2D eigenvalue weighted by molar-refractivity contribution is 1.17. The van der Waals surface area contributed by atoms with Crippen molar-refractivity contribution in [3.8, 4) is 39.5 Å². The fraction of sp³-hybridized carbons (Fsp3) is 0. The van der Waals surface area contributed by atoms with E-state index in [2.05, 4.69) is 240 Å². The molecule has 0 fully saturated rings. The van der Waals surface area contributed by atoms with E-state index in [0.29, 0.717) is 5.82 Å². The van der Waals surface area contributed by atoms with Crippen molar-refractivity contribution in [2.24, 2.45) is 0 Å². The molecule has 0 aliphatic heterocycles. The summed E-state index contributed by atoms with van der Waals surface area (Å²) in [6.07, 6.45) is 0. The standard InChI is InChI=1S/C60H38N4S/c1-2-14-39(15-3-1)40-28-30-42(31-29-40)59-51-23-6-9-24-53(51)61-60(62-59)43-32-34-49-48-21-7-10-25-55(48)64(56(49)36-43)45-19-13-18-44(37-45)63(54-26-12-17-41-16-4-5-20-47(41)54)46-33-35-58-52(38-46)50-22-8-11-27-57(50)65-58/h1-38H. The van der Waals surface area contributed by atoms with E-state index in [0.717, 1.165) is 61.5 Å². The molecule has 0 radical (unpaired) electrons. The molecule has 0 unspecified atom stereocenters. The Bertz CT molecular complexity index is 3950. The predicted molar refractivity (Wildman–Crippen MR) is 275 cm³/mol. The SMILES string of the molecule is c1ccc(-c2ccc(-c3nc(-c4ccc5c6ccccc6n(-c6cccc(N(c7ccc8sc9ccccc9c8c7)c7cccc8ccccc78)c6)c5c4)nc4ccccc34)cc2)cc1. The van der Waals surface area contributed by atoms with Crippen molar-refractivity contribution < 1.29 is 0 Å². The van der Waals surface area contributed by atoms with Gasteiger partial charge in [-0.3, -0.25) is 0 Å². The van der Waals surface area contributed by atoms with Crippen LogP contribution in [0.2, 0.25) is 0 Å². The number of thiophene rings is 1. The molecule has 13 aromatic rings. The molecule has 3 aromatic heterocycles. The molecule has 10 aromatic carbocycles. The number of aromatic nitrogens is 3.